The molecule has 8 heteroatoms. The van der Waals surface area contributed by atoms with Gasteiger partial charge in [-0.05, 0) is 25.1 Å². The molecule has 0 spiro atoms. The molecule has 2 rings (SSSR count). The lowest BCUT2D eigenvalue weighted by Gasteiger charge is -2.18. The third-order valence-corrected chi connectivity index (χ3v) is 3.37. The predicted molar refractivity (Wildman–Crippen MR) is 80.4 cm³/mol. The van der Waals surface area contributed by atoms with Crippen LogP contribution in [0.15, 0.2) is 18.2 Å². The number of anilines is 1. The molecule has 21 heavy (non-hydrogen) atoms. The highest BCUT2D eigenvalue weighted by atomic mass is 32.1. The molecule has 0 aliphatic carbocycles. The van der Waals surface area contributed by atoms with Crippen LogP contribution in [0.3, 0.4) is 0 Å². The average molecular weight is 308 g/mol. The minimum Gasteiger partial charge on any atom is -0.480 e. The summed E-state index contributed by atoms with van der Waals surface area (Å²) in [5, 5.41) is 11.6. The molecule has 0 saturated heterocycles. The van der Waals surface area contributed by atoms with Crippen molar-refractivity contribution in [2.24, 2.45) is 0 Å². The number of fused-ring (bicyclic) bond motifs is 1. The minimum atomic E-state index is -0.943. The van der Waals surface area contributed by atoms with Gasteiger partial charge in [-0.2, -0.15) is 8.75 Å². The number of aromatic nitrogens is 2. The van der Waals surface area contributed by atoms with Gasteiger partial charge in [0.1, 0.15) is 11.0 Å². The van der Waals surface area contributed by atoms with Crippen LogP contribution in [0.25, 0.3) is 11.0 Å². The molecule has 1 heterocycles. The van der Waals surface area contributed by atoms with E-state index in [-0.39, 0.29) is 19.0 Å². The Hall–Kier alpha value is -2.06. The Bertz CT molecular complexity index is 643. The Balaban J connectivity index is 2.03. The average Bonchev–Trinajstić information content (AvgIpc) is 2.87. The zero-order valence-corrected chi connectivity index (χ0v) is 12.4. The molecule has 112 valence electrons. The van der Waals surface area contributed by atoms with Crippen molar-refractivity contribution in [2.75, 3.05) is 25.0 Å². The highest BCUT2D eigenvalue weighted by Gasteiger charge is 2.14. The van der Waals surface area contributed by atoms with Crippen LogP contribution in [-0.4, -0.2) is 50.3 Å². The maximum atomic E-state index is 12.1. The van der Waals surface area contributed by atoms with Gasteiger partial charge >= 0.3 is 5.97 Å². The van der Waals surface area contributed by atoms with E-state index in [2.05, 4.69) is 14.1 Å². The van der Waals surface area contributed by atoms with Crippen molar-refractivity contribution in [1.82, 2.24) is 13.6 Å². The first-order valence-electron chi connectivity index (χ1n) is 6.55. The number of hydrogen-bond donors (Lipinski definition) is 2. The number of amides is 1. The lowest BCUT2D eigenvalue weighted by atomic mass is 10.2. The molecule has 0 unspecified atom stereocenters. The first kappa shape index (κ1) is 15.3. The van der Waals surface area contributed by atoms with Crippen LogP contribution >= 0.6 is 11.7 Å². The fourth-order valence-corrected chi connectivity index (χ4v) is 2.57. The number of nitrogens with one attached hydrogen (secondary N) is 1. The fourth-order valence-electron chi connectivity index (χ4n) is 2.02. The molecule has 0 fully saturated rings. The molecule has 1 aromatic heterocycles. The number of benzene rings is 1. The number of nitrogens with zero attached hydrogens (tertiary/aromatic N) is 3. The molecule has 2 aromatic rings. The lowest BCUT2D eigenvalue weighted by Crippen LogP contribution is -2.37. The molecular formula is C13H16N4O3S. The van der Waals surface area contributed by atoms with E-state index < -0.39 is 5.97 Å². The number of aliphatic carboxylic acids is 1. The highest BCUT2D eigenvalue weighted by Crippen LogP contribution is 2.20. The van der Waals surface area contributed by atoms with Gasteiger partial charge in [-0.1, -0.05) is 13.0 Å². The number of carboxylic acid groups (broad SMARTS) is 1. The summed E-state index contributed by atoms with van der Waals surface area (Å²) in [5.41, 5.74) is 1.97. The molecule has 0 bridgehead atoms. The van der Waals surface area contributed by atoms with Gasteiger partial charge in [0.2, 0.25) is 5.91 Å². The zero-order chi connectivity index (χ0) is 15.2. The van der Waals surface area contributed by atoms with Gasteiger partial charge in [-0.25, -0.2) is 0 Å². The number of rotatable bonds is 7. The molecule has 0 aliphatic rings. The number of carboxylic acids is 1. The first-order valence-corrected chi connectivity index (χ1v) is 7.28. The number of carbonyl (C=O) groups excluding carboxylic acids is 1. The van der Waals surface area contributed by atoms with E-state index in [0.717, 1.165) is 23.7 Å². The van der Waals surface area contributed by atoms with Gasteiger partial charge in [0, 0.05) is 0 Å². The molecule has 0 saturated carbocycles. The van der Waals surface area contributed by atoms with Gasteiger partial charge < -0.3 is 10.4 Å². The van der Waals surface area contributed by atoms with E-state index in [1.807, 2.05) is 13.0 Å². The largest absolute Gasteiger partial charge is 0.480 e. The van der Waals surface area contributed by atoms with Crippen molar-refractivity contribution >= 4 is 40.3 Å². The Morgan fingerprint density at radius 2 is 2.14 bits per heavy atom. The maximum absolute atomic E-state index is 12.1. The van der Waals surface area contributed by atoms with Crippen LogP contribution in [-0.2, 0) is 9.59 Å². The molecule has 7 nitrogen and oxygen atoms in total. The number of carbonyl (C=O) groups is 2. The van der Waals surface area contributed by atoms with Crippen molar-refractivity contribution in [2.45, 2.75) is 13.3 Å². The van der Waals surface area contributed by atoms with Crippen molar-refractivity contribution in [3.8, 4) is 0 Å². The summed E-state index contributed by atoms with van der Waals surface area (Å²) in [4.78, 5) is 24.4. The Morgan fingerprint density at radius 3 is 2.86 bits per heavy atom. The summed E-state index contributed by atoms with van der Waals surface area (Å²) in [5.74, 6) is -1.20. The van der Waals surface area contributed by atoms with E-state index in [4.69, 9.17) is 5.11 Å². The van der Waals surface area contributed by atoms with Gasteiger partial charge in [-0.3, -0.25) is 14.5 Å². The van der Waals surface area contributed by atoms with E-state index in [1.54, 1.807) is 17.0 Å². The zero-order valence-electron chi connectivity index (χ0n) is 11.6. The standard InChI is InChI=1S/C13H16N4O3S/c1-2-6-17(8-12(19)20)7-11(18)14-9-4-3-5-10-13(9)16-21-15-10/h3-5H,2,6-8H2,1H3,(H,14,18)(H,19,20). The van der Waals surface area contributed by atoms with Crippen LogP contribution in [0.1, 0.15) is 13.3 Å². The minimum absolute atomic E-state index is 0.0358. The first-order chi connectivity index (χ1) is 10.1. The van der Waals surface area contributed by atoms with Crippen LogP contribution < -0.4 is 5.32 Å². The van der Waals surface area contributed by atoms with Gasteiger partial charge in [0.15, 0.2) is 0 Å². The van der Waals surface area contributed by atoms with E-state index in [0.29, 0.717) is 17.7 Å². The quantitative estimate of drug-likeness (QED) is 0.803. The molecular weight excluding hydrogens is 292 g/mol. The van der Waals surface area contributed by atoms with Crippen LogP contribution in [0.5, 0.6) is 0 Å². The molecule has 0 atom stereocenters. The molecule has 1 amide bonds. The maximum Gasteiger partial charge on any atom is 0.317 e. The predicted octanol–water partition coefficient (Wildman–Crippen LogP) is 1.43. The van der Waals surface area contributed by atoms with E-state index in [1.165, 1.54) is 0 Å². The van der Waals surface area contributed by atoms with Gasteiger partial charge in [0.05, 0.1) is 30.5 Å². The Kier molecular flexibility index (Phi) is 5.18. The number of hydrogen-bond acceptors (Lipinski definition) is 6. The Labute approximate surface area is 125 Å². The molecule has 0 aliphatic heterocycles. The van der Waals surface area contributed by atoms with Crippen molar-refractivity contribution in [3.05, 3.63) is 18.2 Å². The molecule has 1 aromatic carbocycles. The van der Waals surface area contributed by atoms with E-state index >= 15 is 0 Å². The summed E-state index contributed by atoms with van der Waals surface area (Å²) in [6, 6.07) is 5.37. The molecule has 0 radical (unpaired) electrons. The van der Waals surface area contributed by atoms with Crippen LogP contribution in [0.2, 0.25) is 0 Å². The lowest BCUT2D eigenvalue weighted by molar-refractivity contribution is -0.138. The summed E-state index contributed by atoms with van der Waals surface area (Å²) in [7, 11) is 0. The van der Waals surface area contributed by atoms with E-state index in [9.17, 15) is 9.59 Å². The van der Waals surface area contributed by atoms with Crippen molar-refractivity contribution < 1.29 is 14.7 Å². The summed E-state index contributed by atoms with van der Waals surface area (Å²) in [6.45, 7) is 2.38. The third kappa shape index (κ3) is 4.20. The Morgan fingerprint density at radius 1 is 1.33 bits per heavy atom. The van der Waals surface area contributed by atoms with Crippen LogP contribution in [0, 0.1) is 0 Å². The second-order valence-electron chi connectivity index (χ2n) is 4.59. The normalized spacial score (nSPS) is 11.0. The fraction of sp³-hybridized carbons (Fsp3) is 0.385. The SMILES string of the molecule is CCCN(CC(=O)O)CC(=O)Nc1cccc2nsnc12. The van der Waals surface area contributed by atoms with Crippen molar-refractivity contribution in [1.29, 1.82) is 0 Å². The van der Waals surface area contributed by atoms with Crippen molar-refractivity contribution in [3.63, 3.8) is 0 Å². The second-order valence-corrected chi connectivity index (χ2v) is 5.12. The second kappa shape index (κ2) is 7.09. The highest BCUT2D eigenvalue weighted by molar-refractivity contribution is 7.00. The van der Waals surface area contributed by atoms with Gasteiger partial charge in [0.25, 0.3) is 0 Å². The summed E-state index contributed by atoms with van der Waals surface area (Å²) < 4.78 is 8.25. The van der Waals surface area contributed by atoms with Crippen LogP contribution in [0.4, 0.5) is 5.69 Å². The third-order valence-electron chi connectivity index (χ3n) is 2.83. The molecule has 2 N–H and O–H groups in total. The summed E-state index contributed by atoms with van der Waals surface area (Å²) >= 11 is 1.09. The van der Waals surface area contributed by atoms with Gasteiger partial charge in [-0.15, -0.1) is 0 Å². The smallest absolute Gasteiger partial charge is 0.317 e. The monoisotopic (exact) mass is 308 g/mol. The topological polar surface area (TPSA) is 95.4 Å². The summed E-state index contributed by atoms with van der Waals surface area (Å²) in [6.07, 6.45) is 0.784.